The van der Waals surface area contributed by atoms with Gasteiger partial charge in [-0.2, -0.15) is 0 Å². The zero-order chi connectivity index (χ0) is 21.0. The summed E-state index contributed by atoms with van der Waals surface area (Å²) in [6.07, 6.45) is 0.560. The molecule has 0 saturated carbocycles. The highest BCUT2D eigenvalue weighted by Gasteiger charge is 2.28. The summed E-state index contributed by atoms with van der Waals surface area (Å²) in [6, 6.07) is 12.1. The molecule has 3 rings (SSSR count). The number of nitrogens with one attached hydrogen (secondary N) is 2. The van der Waals surface area contributed by atoms with E-state index in [0.29, 0.717) is 30.1 Å². The van der Waals surface area contributed by atoms with Crippen LogP contribution < -0.4 is 19.7 Å². The first-order valence-electron chi connectivity index (χ1n) is 9.13. The number of aryl methyl sites for hydroxylation is 1. The summed E-state index contributed by atoms with van der Waals surface area (Å²) in [6.45, 7) is 2.35. The minimum Gasteiger partial charge on any atom is -0.497 e. The number of hydrogen-bond donors (Lipinski definition) is 2. The van der Waals surface area contributed by atoms with Crippen LogP contribution in [0.4, 0.5) is 11.4 Å². The fourth-order valence-corrected chi connectivity index (χ4v) is 4.61. The Morgan fingerprint density at radius 2 is 1.93 bits per heavy atom. The molecule has 1 aliphatic rings. The van der Waals surface area contributed by atoms with Crippen molar-refractivity contribution in [1.82, 2.24) is 5.32 Å². The second-order valence-corrected chi connectivity index (χ2v) is 8.74. The number of carbonyl (C=O) groups excluding carboxylic acids is 2. The van der Waals surface area contributed by atoms with E-state index < -0.39 is 21.8 Å². The average Bonchev–Trinajstić information content (AvgIpc) is 3.06. The van der Waals surface area contributed by atoms with Crippen molar-refractivity contribution in [3.05, 3.63) is 53.6 Å². The molecule has 154 valence electrons. The SMILES string of the molecule is COc1cccc(CNC(=O)C(=O)Nc2cc(N3CCCS3(=O)=O)ccc2C)c1. The zero-order valence-electron chi connectivity index (χ0n) is 16.3. The maximum Gasteiger partial charge on any atom is 0.313 e. The Morgan fingerprint density at radius 3 is 2.62 bits per heavy atom. The Kier molecular flexibility index (Phi) is 6.07. The van der Waals surface area contributed by atoms with Gasteiger partial charge in [-0.05, 0) is 48.7 Å². The second kappa shape index (κ2) is 8.52. The molecule has 0 unspecified atom stereocenters. The van der Waals surface area contributed by atoms with Gasteiger partial charge >= 0.3 is 11.8 Å². The van der Waals surface area contributed by atoms with Gasteiger partial charge in [-0.3, -0.25) is 13.9 Å². The number of rotatable bonds is 5. The van der Waals surface area contributed by atoms with Crippen molar-refractivity contribution in [3.8, 4) is 5.75 Å². The first-order chi connectivity index (χ1) is 13.8. The van der Waals surface area contributed by atoms with Crippen molar-refractivity contribution in [1.29, 1.82) is 0 Å². The molecule has 0 radical (unpaired) electrons. The van der Waals surface area contributed by atoms with Gasteiger partial charge in [0.25, 0.3) is 0 Å². The summed E-state index contributed by atoms with van der Waals surface area (Å²) in [5, 5.41) is 5.12. The Balaban J connectivity index is 1.66. The van der Waals surface area contributed by atoms with Gasteiger partial charge in [-0.25, -0.2) is 8.42 Å². The standard InChI is InChI=1S/C20H23N3O5S/c1-14-7-8-16(23-9-4-10-29(23,26)27)12-18(14)22-20(25)19(24)21-13-15-5-3-6-17(11-15)28-2/h3,5-8,11-12H,4,9-10,13H2,1-2H3,(H,21,24)(H,22,25). The summed E-state index contributed by atoms with van der Waals surface area (Å²) < 4.78 is 30.7. The van der Waals surface area contributed by atoms with E-state index in [-0.39, 0.29) is 12.3 Å². The molecule has 2 amide bonds. The molecular weight excluding hydrogens is 394 g/mol. The monoisotopic (exact) mass is 417 g/mol. The summed E-state index contributed by atoms with van der Waals surface area (Å²) in [4.78, 5) is 24.5. The third-order valence-corrected chi connectivity index (χ3v) is 6.52. The molecule has 9 heteroatoms. The van der Waals surface area contributed by atoms with Gasteiger partial charge in [-0.15, -0.1) is 0 Å². The summed E-state index contributed by atoms with van der Waals surface area (Å²) in [5.74, 6) is -0.843. The van der Waals surface area contributed by atoms with Crippen LogP contribution in [-0.4, -0.2) is 39.6 Å². The lowest BCUT2D eigenvalue weighted by atomic mass is 10.1. The molecule has 0 bridgehead atoms. The van der Waals surface area contributed by atoms with E-state index in [2.05, 4.69) is 10.6 Å². The number of hydrogen-bond acceptors (Lipinski definition) is 5. The maximum absolute atomic E-state index is 12.3. The second-order valence-electron chi connectivity index (χ2n) is 6.73. The molecule has 1 fully saturated rings. The maximum atomic E-state index is 12.3. The predicted octanol–water partition coefficient (Wildman–Crippen LogP) is 1.80. The van der Waals surface area contributed by atoms with Crippen molar-refractivity contribution in [2.75, 3.05) is 29.0 Å². The van der Waals surface area contributed by atoms with Gasteiger partial charge in [0.05, 0.1) is 18.6 Å². The van der Waals surface area contributed by atoms with E-state index in [0.717, 1.165) is 11.1 Å². The zero-order valence-corrected chi connectivity index (χ0v) is 17.1. The summed E-state index contributed by atoms with van der Waals surface area (Å²) in [5.41, 5.74) is 2.38. The van der Waals surface area contributed by atoms with Crippen molar-refractivity contribution < 1.29 is 22.7 Å². The van der Waals surface area contributed by atoms with Crippen LogP contribution in [0.3, 0.4) is 0 Å². The topological polar surface area (TPSA) is 105 Å². The van der Waals surface area contributed by atoms with Gasteiger partial charge < -0.3 is 15.4 Å². The minimum absolute atomic E-state index is 0.106. The molecule has 2 N–H and O–H groups in total. The quantitative estimate of drug-likeness (QED) is 0.722. The molecule has 1 aliphatic heterocycles. The van der Waals surface area contributed by atoms with E-state index in [1.165, 1.54) is 4.31 Å². The van der Waals surface area contributed by atoms with Crippen molar-refractivity contribution in [3.63, 3.8) is 0 Å². The fraction of sp³-hybridized carbons (Fsp3) is 0.300. The molecule has 0 aliphatic carbocycles. The molecule has 8 nitrogen and oxygen atoms in total. The summed E-state index contributed by atoms with van der Waals surface area (Å²) >= 11 is 0. The third-order valence-electron chi connectivity index (χ3n) is 4.65. The van der Waals surface area contributed by atoms with E-state index in [1.807, 2.05) is 6.07 Å². The number of benzene rings is 2. The van der Waals surface area contributed by atoms with Crippen LogP contribution in [0.15, 0.2) is 42.5 Å². The molecule has 0 atom stereocenters. The highest BCUT2D eigenvalue weighted by molar-refractivity contribution is 7.93. The van der Waals surface area contributed by atoms with Crippen molar-refractivity contribution in [2.45, 2.75) is 19.9 Å². The molecule has 1 saturated heterocycles. The third kappa shape index (κ3) is 4.86. The van der Waals surface area contributed by atoms with E-state index in [1.54, 1.807) is 50.4 Å². The summed E-state index contributed by atoms with van der Waals surface area (Å²) in [7, 11) is -1.78. The lowest BCUT2D eigenvalue weighted by molar-refractivity contribution is -0.136. The van der Waals surface area contributed by atoms with E-state index in [9.17, 15) is 18.0 Å². The smallest absolute Gasteiger partial charge is 0.313 e. The van der Waals surface area contributed by atoms with Crippen LogP contribution in [0.5, 0.6) is 5.75 Å². The van der Waals surface area contributed by atoms with Crippen LogP contribution in [0, 0.1) is 6.92 Å². The molecule has 0 spiro atoms. The highest BCUT2D eigenvalue weighted by atomic mass is 32.2. The Bertz CT molecular complexity index is 1040. The van der Waals surface area contributed by atoms with Gasteiger partial charge in [0.15, 0.2) is 0 Å². The van der Waals surface area contributed by atoms with Crippen molar-refractivity contribution >= 4 is 33.2 Å². The van der Waals surface area contributed by atoms with Gasteiger partial charge in [0, 0.05) is 18.8 Å². The largest absolute Gasteiger partial charge is 0.497 e. The lowest BCUT2D eigenvalue weighted by Crippen LogP contribution is -2.35. The minimum atomic E-state index is -3.33. The molecule has 0 aromatic heterocycles. The molecular formula is C20H23N3O5S. The molecule has 1 heterocycles. The predicted molar refractivity (Wildman–Crippen MR) is 110 cm³/mol. The van der Waals surface area contributed by atoms with Crippen LogP contribution in [0.1, 0.15) is 17.5 Å². The van der Waals surface area contributed by atoms with Crippen LogP contribution in [0.25, 0.3) is 0 Å². The van der Waals surface area contributed by atoms with Crippen LogP contribution in [-0.2, 0) is 26.2 Å². The number of anilines is 2. The first-order valence-corrected chi connectivity index (χ1v) is 10.7. The van der Waals surface area contributed by atoms with E-state index >= 15 is 0 Å². The Hall–Kier alpha value is -3.07. The van der Waals surface area contributed by atoms with E-state index in [4.69, 9.17) is 4.74 Å². The fourth-order valence-electron chi connectivity index (χ4n) is 3.05. The Labute approximate surface area is 169 Å². The van der Waals surface area contributed by atoms with Gasteiger partial charge in [0.1, 0.15) is 5.75 Å². The normalized spacial score (nSPS) is 15.0. The number of methoxy groups -OCH3 is 1. The molecule has 2 aromatic carbocycles. The Morgan fingerprint density at radius 1 is 1.14 bits per heavy atom. The highest BCUT2D eigenvalue weighted by Crippen LogP contribution is 2.28. The van der Waals surface area contributed by atoms with Gasteiger partial charge in [-0.1, -0.05) is 18.2 Å². The molecule has 29 heavy (non-hydrogen) atoms. The first kappa shape index (κ1) is 20.7. The van der Waals surface area contributed by atoms with Crippen molar-refractivity contribution in [2.24, 2.45) is 0 Å². The number of ether oxygens (including phenoxy) is 1. The van der Waals surface area contributed by atoms with Gasteiger partial charge in [0.2, 0.25) is 10.0 Å². The van der Waals surface area contributed by atoms with Crippen LogP contribution in [0.2, 0.25) is 0 Å². The number of carbonyl (C=O) groups is 2. The molecule has 2 aromatic rings. The van der Waals surface area contributed by atoms with Crippen LogP contribution >= 0.6 is 0 Å². The average molecular weight is 417 g/mol. The number of amides is 2. The number of nitrogens with zero attached hydrogens (tertiary/aromatic N) is 1. The number of sulfonamides is 1. The lowest BCUT2D eigenvalue weighted by Gasteiger charge is -2.19.